The monoisotopic (exact) mass is 224 g/mol. The number of benzene rings is 1. The Labute approximate surface area is 96.7 Å². The van der Waals surface area contributed by atoms with E-state index in [1.54, 1.807) is 0 Å². The third-order valence-electron chi connectivity index (χ3n) is 2.53. The maximum Gasteiger partial charge on any atom is 0.125 e. The molecule has 0 spiro atoms. The fourth-order valence-electron chi connectivity index (χ4n) is 1.64. The van der Waals surface area contributed by atoms with Gasteiger partial charge in [0.2, 0.25) is 0 Å². The highest BCUT2D eigenvalue weighted by atomic mass is 16.5. The summed E-state index contributed by atoms with van der Waals surface area (Å²) in [5.41, 5.74) is 2.95. The van der Waals surface area contributed by atoms with Gasteiger partial charge in [-0.25, -0.2) is 0 Å². The van der Waals surface area contributed by atoms with Crippen LogP contribution in [0.1, 0.15) is 23.6 Å². The topological polar surface area (TPSA) is 49.7 Å². The maximum atomic E-state index is 9.06. The molecule has 0 aromatic heterocycles. The number of rotatable bonds is 5. The number of aryl methyl sites for hydroxylation is 2. The molecule has 1 aromatic carbocycles. The van der Waals surface area contributed by atoms with Crippen LogP contribution in [0.4, 0.5) is 0 Å². The van der Waals surface area contributed by atoms with Crippen molar-refractivity contribution in [2.24, 2.45) is 5.92 Å². The van der Waals surface area contributed by atoms with E-state index in [-0.39, 0.29) is 19.1 Å². The van der Waals surface area contributed by atoms with Crippen LogP contribution in [0.25, 0.3) is 0 Å². The molecule has 0 heterocycles. The summed E-state index contributed by atoms with van der Waals surface area (Å²) >= 11 is 0. The van der Waals surface area contributed by atoms with Gasteiger partial charge in [-0.05, 0) is 30.5 Å². The average Bonchev–Trinajstić information content (AvgIpc) is 2.27. The second-order valence-corrected chi connectivity index (χ2v) is 4.32. The number of aliphatic hydroxyl groups excluding tert-OH is 2. The standard InChI is InChI=1S/C13H20O3/c1-9(6-14)8-16-13-10(2)4-12(7-15)5-11(13)3/h4-5,9,14-15H,6-8H2,1-3H3. The van der Waals surface area contributed by atoms with E-state index in [1.807, 2.05) is 32.9 Å². The summed E-state index contributed by atoms with van der Waals surface area (Å²) < 4.78 is 5.68. The summed E-state index contributed by atoms with van der Waals surface area (Å²) in [5.74, 6) is 0.994. The molecule has 0 aliphatic rings. The Balaban J connectivity index is 2.80. The molecule has 3 nitrogen and oxygen atoms in total. The van der Waals surface area contributed by atoms with Crippen molar-refractivity contribution in [1.82, 2.24) is 0 Å². The van der Waals surface area contributed by atoms with Gasteiger partial charge in [-0.3, -0.25) is 0 Å². The highest BCUT2D eigenvalue weighted by Crippen LogP contribution is 2.25. The number of ether oxygens (including phenoxy) is 1. The molecule has 90 valence electrons. The second kappa shape index (κ2) is 5.87. The smallest absolute Gasteiger partial charge is 0.125 e. The normalized spacial score (nSPS) is 12.6. The molecule has 0 aliphatic carbocycles. The van der Waals surface area contributed by atoms with Gasteiger partial charge in [-0.15, -0.1) is 0 Å². The van der Waals surface area contributed by atoms with Crippen molar-refractivity contribution >= 4 is 0 Å². The first-order chi connectivity index (χ1) is 7.58. The van der Waals surface area contributed by atoms with E-state index in [2.05, 4.69) is 0 Å². The van der Waals surface area contributed by atoms with Gasteiger partial charge in [0, 0.05) is 12.5 Å². The molecule has 2 N–H and O–H groups in total. The summed E-state index contributed by atoms with van der Waals surface area (Å²) in [5, 5.41) is 18.0. The zero-order valence-corrected chi connectivity index (χ0v) is 10.2. The van der Waals surface area contributed by atoms with Gasteiger partial charge >= 0.3 is 0 Å². The number of hydrogen-bond acceptors (Lipinski definition) is 3. The molecule has 0 saturated heterocycles. The van der Waals surface area contributed by atoms with Crippen LogP contribution in [0.5, 0.6) is 5.75 Å². The summed E-state index contributed by atoms with van der Waals surface area (Å²) in [6, 6.07) is 3.85. The zero-order valence-electron chi connectivity index (χ0n) is 10.2. The minimum absolute atomic E-state index is 0.0506. The van der Waals surface area contributed by atoms with Crippen molar-refractivity contribution in [3.63, 3.8) is 0 Å². The van der Waals surface area contributed by atoms with Crippen molar-refractivity contribution in [3.05, 3.63) is 28.8 Å². The summed E-state index contributed by atoms with van der Waals surface area (Å²) in [7, 11) is 0. The molecular formula is C13H20O3. The SMILES string of the molecule is Cc1cc(CO)cc(C)c1OCC(C)CO. The van der Waals surface area contributed by atoms with E-state index < -0.39 is 0 Å². The van der Waals surface area contributed by atoms with Crippen molar-refractivity contribution in [3.8, 4) is 5.75 Å². The first-order valence-electron chi connectivity index (χ1n) is 5.53. The van der Waals surface area contributed by atoms with Crippen LogP contribution in [-0.4, -0.2) is 23.4 Å². The van der Waals surface area contributed by atoms with Gasteiger partial charge in [0.05, 0.1) is 13.2 Å². The molecule has 1 unspecified atom stereocenters. The van der Waals surface area contributed by atoms with Crippen molar-refractivity contribution in [2.75, 3.05) is 13.2 Å². The minimum Gasteiger partial charge on any atom is -0.493 e. The van der Waals surface area contributed by atoms with Crippen LogP contribution in [0.2, 0.25) is 0 Å². The summed E-state index contributed by atoms with van der Waals surface area (Å²) in [4.78, 5) is 0. The van der Waals surface area contributed by atoms with Crippen LogP contribution in [-0.2, 0) is 6.61 Å². The van der Waals surface area contributed by atoms with E-state index in [1.165, 1.54) is 0 Å². The maximum absolute atomic E-state index is 9.06. The van der Waals surface area contributed by atoms with Crippen molar-refractivity contribution < 1.29 is 14.9 Å². The van der Waals surface area contributed by atoms with Crippen molar-refractivity contribution in [1.29, 1.82) is 0 Å². The fraction of sp³-hybridized carbons (Fsp3) is 0.538. The molecule has 0 bridgehead atoms. The molecule has 0 saturated carbocycles. The van der Waals surface area contributed by atoms with E-state index in [0.717, 1.165) is 22.4 Å². The molecule has 1 rings (SSSR count). The van der Waals surface area contributed by atoms with Gasteiger partial charge in [0.25, 0.3) is 0 Å². The Kier molecular flexibility index (Phi) is 4.77. The lowest BCUT2D eigenvalue weighted by Gasteiger charge is -2.15. The lowest BCUT2D eigenvalue weighted by atomic mass is 10.1. The molecular weight excluding hydrogens is 204 g/mol. The van der Waals surface area contributed by atoms with Gasteiger partial charge in [-0.1, -0.05) is 19.1 Å². The molecule has 0 fully saturated rings. The third-order valence-corrected chi connectivity index (χ3v) is 2.53. The first-order valence-corrected chi connectivity index (χ1v) is 5.53. The van der Waals surface area contributed by atoms with Gasteiger partial charge in [0.1, 0.15) is 5.75 Å². The molecule has 1 aromatic rings. The Hall–Kier alpha value is -1.06. The van der Waals surface area contributed by atoms with Crippen LogP contribution in [0.3, 0.4) is 0 Å². The highest BCUT2D eigenvalue weighted by Gasteiger charge is 2.08. The van der Waals surface area contributed by atoms with E-state index in [9.17, 15) is 0 Å². The first kappa shape index (κ1) is 13.0. The largest absolute Gasteiger partial charge is 0.493 e. The lowest BCUT2D eigenvalue weighted by Crippen LogP contribution is -2.13. The number of hydrogen-bond donors (Lipinski definition) is 2. The number of aliphatic hydroxyl groups is 2. The second-order valence-electron chi connectivity index (χ2n) is 4.32. The Morgan fingerprint density at radius 2 is 1.75 bits per heavy atom. The fourth-order valence-corrected chi connectivity index (χ4v) is 1.64. The van der Waals surface area contributed by atoms with Crippen LogP contribution >= 0.6 is 0 Å². The van der Waals surface area contributed by atoms with E-state index in [0.29, 0.717) is 6.61 Å². The van der Waals surface area contributed by atoms with E-state index in [4.69, 9.17) is 14.9 Å². The van der Waals surface area contributed by atoms with Gasteiger partial charge in [0.15, 0.2) is 0 Å². The molecule has 16 heavy (non-hydrogen) atoms. The van der Waals surface area contributed by atoms with Crippen molar-refractivity contribution in [2.45, 2.75) is 27.4 Å². The molecule has 0 amide bonds. The van der Waals surface area contributed by atoms with Gasteiger partial charge < -0.3 is 14.9 Å². The predicted molar refractivity (Wildman–Crippen MR) is 63.6 cm³/mol. The quantitative estimate of drug-likeness (QED) is 0.802. The molecule has 0 radical (unpaired) electrons. The van der Waals surface area contributed by atoms with Crippen LogP contribution < -0.4 is 4.74 Å². The predicted octanol–water partition coefficient (Wildman–Crippen LogP) is 1.80. The molecule has 0 aliphatic heterocycles. The third kappa shape index (κ3) is 3.22. The summed E-state index contributed by atoms with van der Waals surface area (Å²) in [6.07, 6.45) is 0. The Morgan fingerprint density at radius 1 is 1.19 bits per heavy atom. The Morgan fingerprint density at radius 3 is 2.19 bits per heavy atom. The molecule has 1 atom stereocenters. The summed E-state index contributed by atoms with van der Waals surface area (Å²) in [6.45, 7) is 6.56. The van der Waals surface area contributed by atoms with Gasteiger partial charge in [-0.2, -0.15) is 0 Å². The van der Waals surface area contributed by atoms with Crippen LogP contribution in [0, 0.1) is 19.8 Å². The average molecular weight is 224 g/mol. The zero-order chi connectivity index (χ0) is 12.1. The lowest BCUT2D eigenvalue weighted by molar-refractivity contribution is 0.173. The van der Waals surface area contributed by atoms with E-state index >= 15 is 0 Å². The Bertz CT molecular complexity index is 324. The molecule has 3 heteroatoms. The minimum atomic E-state index is 0.0506. The van der Waals surface area contributed by atoms with Crippen LogP contribution in [0.15, 0.2) is 12.1 Å². The highest BCUT2D eigenvalue weighted by molar-refractivity contribution is 5.43.